The number of carbonyl (C=O) groups is 2. The molecule has 0 spiro atoms. The van der Waals surface area contributed by atoms with Crippen LogP contribution in [0.1, 0.15) is 48.0 Å². The van der Waals surface area contributed by atoms with E-state index in [2.05, 4.69) is 4.90 Å². The summed E-state index contributed by atoms with van der Waals surface area (Å²) in [6, 6.07) is 5.75. The first-order valence-corrected chi connectivity index (χ1v) is 9.81. The Labute approximate surface area is 155 Å². The number of nitrogens with zero attached hydrogens (tertiary/aromatic N) is 2. The summed E-state index contributed by atoms with van der Waals surface area (Å²) in [5.74, 6) is 1.74. The minimum absolute atomic E-state index is 0.0304. The number of hydrogen-bond acceptors (Lipinski definition) is 3. The van der Waals surface area contributed by atoms with E-state index in [1.54, 1.807) is 7.11 Å². The van der Waals surface area contributed by atoms with E-state index < -0.39 is 0 Å². The van der Waals surface area contributed by atoms with Gasteiger partial charge in [0.1, 0.15) is 5.75 Å². The normalized spacial score (nSPS) is 25.8. The van der Waals surface area contributed by atoms with Crippen LogP contribution in [0, 0.1) is 18.8 Å². The van der Waals surface area contributed by atoms with Gasteiger partial charge in [-0.2, -0.15) is 0 Å². The van der Waals surface area contributed by atoms with E-state index in [1.807, 2.05) is 30.0 Å². The van der Waals surface area contributed by atoms with Crippen LogP contribution in [0.4, 0.5) is 0 Å². The standard InChI is InChI=1S/C21H28N2O3/c1-14-10-16(7-9-19(14)26-2)20(24)22-12-17-6-8-18(13-22)23(21(17)25)11-15-4-3-5-15/h7,9-10,15,17-18H,3-6,8,11-13H2,1-2H3/t17-,18+/m0/s1. The van der Waals surface area contributed by atoms with Gasteiger partial charge in [-0.15, -0.1) is 0 Å². The topological polar surface area (TPSA) is 49.9 Å². The van der Waals surface area contributed by atoms with Gasteiger partial charge >= 0.3 is 0 Å². The number of rotatable bonds is 4. The molecule has 1 aromatic rings. The van der Waals surface area contributed by atoms with Gasteiger partial charge in [0, 0.05) is 31.2 Å². The summed E-state index contributed by atoms with van der Waals surface area (Å²) in [5.41, 5.74) is 1.64. The molecule has 2 amide bonds. The zero-order valence-electron chi connectivity index (χ0n) is 15.7. The average molecular weight is 356 g/mol. The van der Waals surface area contributed by atoms with Crippen molar-refractivity contribution in [2.75, 3.05) is 26.7 Å². The van der Waals surface area contributed by atoms with Gasteiger partial charge < -0.3 is 14.5 Å². The molecule has 1 aliphatic carbocycles. The highest BCUT2D eigenvalue weighted by molar-refractivity contribution is 5.95. The first-order valence-electron chi connectivity index (χ1n) is 9.81. The van der Waals surface area contributed by atoms with Crippen LogP contribution in [0.2, 0.25) is 0 Å². The second kappa shape index (κ2) is 6.93. The van der Waals surface area contributed by atoms with Crippen molar-refractivity contribution in [3.63, 3.8) is 0 Å². The van der Waals surface area contributed by atoms with Gasteiger partial charge in [-0.1, -0.05) is 6.42 Å². The molecule has 4 fully saturated rings. The quantitative estimate of drug-likeness (QED) is 0.833. The SMILES string of the molecule is COc1ccc(C(=O)N2C[C@@H]3CC[C@H](C2)N(CC2CCC2)C3=O)cc1C. The van der Waals surface area contributed by atoms with Crippen LogP contribution >= 0.6 is 0 Å². The first kappa shape index (κ1) is 17.4. The molecular formula is C21H28N2O3. The lowest BCUT2D eigenvalue weighted by Gasteiger charge is -2.40. The van der Waals surface area contributed by atoms with Crippen molar-refractivity contribution < 1.29 is 14.3 Å². The number of piperidine rings is 1. The van der Waals surface area contributed by atoms with E-state index in [4.69, 9.17) is 4.74 Å². The number of fused-ring (bicyclic) bond motifs is 4. The molecule has 4 aliphatic rings. The highest BCUT2D eigenvalue weighted by atomic mass is 16.5. The fraction of sp³-hybridized carbons (Fsp3) is 0.619. The van der Waals surface area contributed by atoms with Gasteiger partial charge in [-0.05, 0) is 62.3 Å². The van der Waals surface area contributed by atoms with Gasteiger partial charge in [-0.3, -0.25) is 9.59 Å². The van der Waals surface area contributed by atoms with Crippen molar-refractivity contribution in [3.8, 4) is 5.75 Å². The zero-order chi connectivity index (χ0) is 18.3. The summed E-state index contributed by atoms with van der Waals surface area (Å²) in [4.78, 5) is 30.0. The van der Waals surface area contributed by atoms with Gasteiger partial charge in [0.2, 0.25) is 5.91 Å². The van der Waals surface area contributed by atoms with Crippen molar-refractivity contribution in [1.29, 1.82) is 0 Å². The van der Waals surface area contributed by atoms with Crippen LogP contribution in [0.3, 0.4) is 0 Å². The number of amides is 2. The fourth-order valence-electron chi connectivity index (χ4n) is 4.59. The summed E-state index contributed by atoms with van der Waals surface area (Å²) in [7, 11) is 1.64. The van der Waals surface area contributed by atoms with Gasteiger partial charge in [-0.25, -0.2) is 0 Å². The maximum atomic E-state index is 13.1. The smallest absolute Gasteiger partial charge is 0.253 e. The summed E-state index contributed by atoms with van der Waals surface area (Å²) >= 11 is 0. The summed E-state index contributed by atoms with van der Waals surface area (Å²) in [6.45, 7) is 4.06. The Morgan fingerprint density at radius 2 is 2.00 bits per heavy atom. The number of ether oxygens (including phenoxy) is 1. The van der Waals surface area contributed by atoms with Crippen LogP contribution in [-0.4, -0.2) is 54.4 Å². The molecule has 1 saturated carbocycles. The van der Waals surface area contributed by atoms with Gasteiger partial charge in [0.25, 0.3) is 5.91 Å². The molecule has 1 aromatic carbocycles. The molecule has 0 N–H and O–H groups in total. The maximum absolute atomic E-state index is 13.1. The van der Waals surface area contributed by atoms with E-state index in [-0.39, 0.29) is 23.8 Å². The van der Waals surface area contributed by atoms with E-state index in [1.165, 1.54) is 19.3 Å². The Balaban J connectivity index is 1.52. The second-order valence-corrected chi connectivity index (χ2v) is 8.11. The molecule has 3 aliphatic heterocycles. The second-order valence-electron chi connectivity index (χ2n) is 8.11. The third kappa shape index (κ3) is 3.08. The molecule has 5 rings (SSSR count). The Bertz CT molecular complexity index is 713. The molecule has 3 heterocycles. The molecule has 26 heavy (non-hydrogen) atoms. The average Bonchev–Trinajstić information content (AvgIpc) is 2.89. The van der Waals surface area contributed by atoms with E-state index in [0.29, 0.717) is 24.6 Å². The van der Waals surface area contributed by atoms with E-state index in [9.17, 15) is 9.59 Å². The number of carbonyl (C=O) groups excluding carboxylic acids is 2. The van der Waals surface area contributed by atoms with Crippen molar-refractivity contribution in [1.82, 2.24) is 9.80 Å². The molecule has 2 bridgehead atoms. The number of aryl methyl sites for hydroxylation is 1. The van der Waals surface area contributed by atoms with Crippen molar-refractivity contribution in [3.05, 3.63) is 29.3 Å². The lowest BCUT2D eigenvalue weighted by molar-refractivity contribution is -0.141. The van der Waals surface area contributed by atoms with Crippen LogP contribution in [-0.2, 0) is 4.79 Å². The van der Waals surface area contributed by atoms with Gasteiger partial charge in [0.15, 0.2) is 0 Å². The highest BCUT2D eigenvalue weighted by Crippen LogP contribution is 2.34. The van der Waals surface area contributed by atoms with Crippen LogP contribution in [0.25, 0.3) is 0 Å². The summed E-state index contributed by atoms with van der Waals surface area (Å²) < 4.78 is 5.29. The van der Waals surface area contributed by atoms with Gasteiger partial charge in [0.05, 0.1) is 13.0 Å². The van der Waals surface area contributed by atoms with Crippen molar-refractivity contribution >= 4 is 11.8 Å². The molecule has 2 atom stereocenters. The Hall–Kier alpha value is -2.04. The predicted molar refractivity (Wildman–Crippen MR) is 99.2 cm³/mol. The molecule has 0 radical (unpaired) electrons. The molecule has 140 valence electrons. The van der Waals surface area contributed by atoms with Crippen LogP contribution < -0.4 is 4.74 Å². The van der Waals surface area contributed by atoms with E-state index in [0.717, 1.165) is 30.7 Å². The summed E-state index contributed by atoms with van der Waals surface area (Å²) in [6.07, 6.45) is 5.72. The Morgan fingerprint density at radius 1 is 1.19 bits per heavy atom. The van der Waals surface area contributed by atoms with Crippen molar-refractivity contribution in [2.45, 2.75) is 45.1 Å². The summed E-state index contributed by atoms with van der Waals surface area (Å²) in [5, 5.41) is 0. The molecule has 3 saturated heterocycles. The number of hydrogen-bond donors (Lipinski definition) is 0. The zero-order valence-corrected chi connectivity index (χ0v) is 15.7. The molecule has 5 heteroatoms. The molecular weight excluding hydrogens is 328 g/mol. The Morgan fingerprint density at radius 3 is 2.65 bits per heavy atom. The number of methoxy groups -OCH3 is 1. The monoisotopic (exact) mass is 356 g/mol. The fourth-order valence-corrected chi connectivity index (χ4v) is 4.59. The molecule has 5 nitrogen and oxygen atoms in total. The third-order valence-corrected chi connectivity index (χ3v) is 6.40. The van der Waals surface area contributed by atoms with Crippen LogP contribution in [0.15, 0.2) is 18.2 Å². The minimum atomic E-state index is -0.0304. The lowest BCUT2D eigenvalue weighted by Crippen LogP contribution is -2.50. The largest absolute Gasteiger partial charge is 0.496 e. The van der Waals surface area contributed by atoms with Crippen LogP contribution in [0.5, 0.6) is 5.75 Å². The number of benzene rings is 1. The van der Waals surface area contributed by atoms with Crippen molar-refractivity contribution in [2.24, 2.45) is 11.8 Å². The highest BCUT2D eigenvalue weighted by Gasteiger charge is 2.43. The lowest BCUT2D eigenvalue weighted by atomic mass is 9.83. The van der Waals surface area contributed by atoms with E-state index >= 15 is 0 Å². The predicted octanol–water partition coefficient (Wildman–Crippen LogP) is 2.87. The third-order valence-electron chi connectivity index (χ3n) is 6.40. The molecule has 0 aromatic heterocycles. The maximum Gasteiger partial charge on any atom is 0.253 e. The Kier molecular flexibility index (Phi) is 4.63. The first-order chi connectivity index (χ1) is 12.6. The minimum Gasteiger partial charge on any atom is -0.496 e. The molecule has 0 unspecified atom stereocenters.